The summed E-state index contributed by atoms with van der Waals surface area (Å²) in [4.78, 5) is 42.9. The zero-order chi connectivity index (χ0) is 41.6. The van der Waals surface area contributed by atoms with Crippen LogP contribution in [0.15, 0.2) is 0 Å². The van der Waals surface area contributed by atoms with Gasteiger partial charge in [-0.1, -0.05) is 55.4 Å². The molecule has 316 valence electrons. The number of rotatable bonds is 21. The number of alkyl halides is 2. The Morgan fingerprint density at radius 1 is 0.635 bits per heavy atom. The Bertz CT molecular complexity index is 997. The van der Waals surface area contributed by atoms with Gasteiger partial charge in [-0.05, 0) is 119 Å². The minimum Gasteiger partial charge on any atom is -0.432 e. The average Bonchev–Trinajstić information content (AvgIpc) is 3.30. The fraction of sp³-hybridized carbons (Fsp3) is 1.00. The molecular formula is C33H84Cl2O9Si8. The van der Waals surface area contributed by atoms with Crippen LogP contribution in [0.4, 0.5) is 0 Å². The van der Waals surface area contributed by atoms with Crippen molar-refractivity contribution in [2.75, 3.05) is 31.6 Å². The van der Waals surface area contributed by atoms with Crippen LogP contribution in [0.2, 0.25) is 91.4 Å². The molecule has 0 bridgehead atoms. The van der Waals surface area contributed by atoms with Crippen LogP contribution < -0.4 is 0 Å². The molecule has 1 aliphatic rings. The lowest BCUT2D eigenvalue weighted by molar-refractivity contribution is 0.184. The van der Waals surface area contributed by atoms with Gasteiger partial charge in [0.2, 0.25) is 31.3 Å². The van der Waals surface area contributed by atoms with E-state index in [1.807, 2.05) is 68.1 Å². The van der Waals surface area contributed by atoms with E-state index in [2.05, 4.69) is 53.9 Å². The second-order valence-electron chi connectivity index (χ2n) is 16.6. The maximum Gasteiger partial charge on any atom is 0.479 e. The predicted molar refractivity (Wildman–Crippen MR) is 243 cm³/mol. The van der Waals surface area contributed by atoms with Crippen LogP contribution in [-0.4, -0.2) is 116 Å². The fourth-order valence-corrected chi connectivity index (χ4v) is 67.5. The minimum atomic E-state index is -2.75. The van der Waals surface area contributed by atoms with Gasteiger partial charge < -0.3 is 40.7 Å². The molecule has 0 amide bonds. The smallest absolute Gasteiger partial charge is 0.432 e. The van der Waals surface area contributed by atoms with Crippen molar-refractivity contribution < 1.29 is 40.7 Å². The summed E-state index contributed by atoms with van der Waals surface area (Å²) < 4.78 is 31.2. The monoisotopic (exact) mass is 918 g/mol. The zero-order valence-electron chi connectivity index (χ0n) is 36.7. The first-order valence-electron chi connectivity index (χ1n) is 19.9. The zero-order valence-corrected chi connectivity index (χ0v) is 46.2. The maximum absolute atomic E-state index is 11.1. The Morgan fingerprint density at radius 3 is 1.42 bits per heavy atom. The van der Waals surface area contributed by atoms with Gasteiger partial charge in [0.1, 0.15) is 0 Å². The standard InChI is InChI=1S/C15H37ClO4Si4.C10H28O3Si3.C8H19ClO2Si/c1-9-18-24(13-11-12-16)19-22(7,14(3)4)23(8,20-24)15(5)21(6,17)10-2;1-8-14(5,11)10(4)16(7,13)15(6,12)9(2)3;1-4-10-12(3,11-5-2)8-6-7-9/h14-15,17H,9-13H2,1-8H3;9-13H,8H2,1-7H3;4-8H2,1-3H3. The largest absolute Gasteiger partial charge is 0.479 e. The molecular weight excluding hydrogens is 836 g/mol. The van der Waals surface area contributed by atoms with Gasteiger partial charge in [0.15, 0.2) is 16.6 Å². The molecule has 0 aromatic carbocycles. The molecule has 9 atom stereocenters. The van der Waals surface area contributed by atoms with Gasteiger partial charge in [-0.25, -0.2) is 0 Å². The van der Waals surface area contributed by atoms with Gasteiger partial charge in [-0.15, -0.1) is 23.2 Å². The van der Waals surface area contributed by atoms with E-state index in [0.29, 0.717) is 23.9 Å². The van der Waals surface area contributed by atoms with Gasteiger partial charge in [0.05, 0.1) is 0 Å². The van der Waals surface area contributed by atoms with Crippen LogP contribution >= 0.6 is 23.2 Å². The van der Waals surface area contributed by atoms with Crippen molar-refractivity contribution >= 4 is 88.5 Å². The van der Waals surface area contributed by atoms with E-state index in [1.54, 1.807) is 0 Å². The highest BCUT2D eigenvalue weighted by Crippen LogP contribution is 2.51. The lowest BCUT2D eigenvalue weighted by Crippen LogP contribution is -2.68. The van der Waals surface area contributed by atoms with Crippen molar-refractivity contribution in [3.8, 4) is 0 Å². The topological polar surface area (TPSA) is 127 Å². The van der Waals surface area contributed by atoms with Crippen LogP contribution in [0.5, 0.6) is 0 Å². The molecule has 1 heterocycles. The summed E-state index contributed by atoms with van der Waals surface area (Å²) in [6.45, 7) is 39.2. The molecule has 1 aliphatic heterocycles. The molecule has 1 saturated heterocycles. The molecule has 0 aromatic rings. The summed E-state index contributed by atoms with van der Waals surface area (Å²) in [5.41, 5.74) is 0.586. The number of hydrogen-bond acceptors (Lipinski definition) is 9. The van der Waals surface area contributed by atoms with E-state index in [0.717, 1.165) is 50.2 Å². The Labute approximate surface area is 339 Å². The summed E-state index contributed by atoms with van der Waals surface area (Å²) in [7, 11) is -19.1. The second-order valence-corrected chi connectivity index (χ2v) is 59.3. The Morgan fingerprint density at radius 2 is 1.08 bits per heavy atom. The Balaban J connectivity index is 0. The first kappa shape index (κ1) is 56.1. The normalized spacial score (nSPS) is 28.0. The van der Waals surface area contributed by atoms with E-state index in [-0.39, 0.29) is 15.9 Å². The quantitative estimate of drug-likeness (QED) is 0.0658. The highest BCUT2D eigenvalue weighted by molar-refractivity contribution is 7.43. The average molecular weight is 921 g/mol. The van der Waals surface area contributed by atoms with Gasteiger partial charge in [0.25, 0.3) is 0 Å². The molecule has 9 nitrogen and oxygen atoms in total. The van der Waals surface area contributed by atoms with E-state index in [4.69, 9.17) is 44.7 Å². The molecule has 4 N–H and O–H groups in total. The fourth-order valence-electron chi connectivity index (χ4n) is 6.83. The number of halogens is 2. The Hall–Kier alpha value is 1.96. The molecule has 19 heteroatoms. The molecule has 0 radical (unpaired) electrons. The third kappa shape index (κ3) is 14.7. The molecule has 52 heavy (non-hydrogen) atoms. The highest BCUT2D eigenvalue weighted by Gasteiger charge is 2.72. The highest BCUT2D eigenvalue weighted by atomic mass is 35.5. The Kier molecular flexibility index (Phi) is 25.4. The van der Waals surface area contributed by atoms with Crippen molar-refractivity contribution in [3.05, 3.63) is 0 Å². The second kappa shape index (κ2) is 23.5. The summed E-state index contributed by atoms with van der Waals surface area (Å²) in [5, 5.41) is 0.161. The molecule has 9 unspecified atom stereocenters. The summed E-state index contributed by atoms with van der Waals surface area (Å²) in [6, 6.07) is 3.39. The van der Waals surface area contributed by atoms with Crippen LogP contribution in [-0.2, 0) is 21.5 Å². The molecule has 0 saturated carbocycles. The lowest BCUT2D eigenvalue weighted by Gasteiger charge is -2.45. The van der Waals surface area contributed by atoms with Crippen molar-refractivity contribution in [1.29, 1.82) is 0 Å². The SMILES string of the molecule is CCO[Si](C)(CCCCl)OCC.CCO[Si]1(CCCCl)O[Si](C)(C(C)C)[Si](C)(C(C)[Si](C)(O)CC)O1.CC[Si](C)(O)C(C)[Si](C)(O)[Si](C)(O)C(C)C. The van der Waals surface area contributed by atoms with Gasteiger partial charge >= 0.3 is 17.4 Å². The summed E-state index contributed by atoms with van der Waals surface area (Å²) in [5.74, 6) is 1.30. The van der Waals surface area contributed by atoms with Gasteiger partial charge in [0, 0.05) is 37.6 Å². The van der Waals surface area contributed by atoms with E-state index in [9.17, 15) is 19.2 Å². The van der Waals surface area contributed by atoms with Crippen molar-refractivity contribution in [2.24, 2.45) is 0 Å². The van der Waals surface area contributed by atoms with Gasteiger partial charge in [-0.3, -0.25) is 0 Å². The molecule has 1 rings (SSSR count). The van der Waals surface area contributed by atoms with Crippen LogP contribution in [0.1, 0.15) is 89.0 Å². The molecule has 0 spiro atoms. The number of hydrogen-bond donors (Lipinski definition) is 4. The third-order valence-corrected chi connectivity index (χ3v) is 70.9. The van der Waals surface area contributed by atoms with Crippen molar-refractivity contribution in [1.82, 2.24) is 0 Å². The van der Waals surface area contributed by atoms with Crippen molar-refractivity contribution in [2.45, 2.75) is 180 Å². The molecule has 1 fully saturated rings. The third-order valence-electron chi connectivity index (χ3n) is 12.6. The first-order valence-corrected chi connectivity index (χ1v) is 42.9. The summed E-state index contributed by atoms with van der Waals surface area (Å²) in [6.07, 6.45) is 1.85. The van der Waals surface area contributed by atoms with Crippen LogP contribution in [0, 0.1) is 0 Å². The van der Waals surface area contributed by atoms with E-state index >= 15 is 0 Å². The maximum atomic E-state index is 11.1. The molecule has 0 aliphatic carbocycles. The van der Waals surface area contributed by atoms with E-state index < -0.39 is 65.3 Å². The molecule has 0 aromatic heterocycles. The summed E-state index contributed by atoms with van der Waals surface area (Å²) >= 11 is 11.6. The predicted octanol–water partition coefficient (Wildman–Crippen LogP) is 9.68. The lowest BCUT2D eigenvalue weighted by atomic mass is 10.6. The van der Waals surface area contributed by atoms with Gasteiger partial charge in [-0.2, -0.15) is 0 Å². The van der Waals surface area contributed by atoms with Crippen molar-refractivity contribution in [3.63, 3.8) is 0 Å². The minimum absolute atomic E-state index is 0.0749. The van der Waals surface area contributed by atoms with E-state index in [1.165, 1.54) is 0 Å². The van der Waals surface area contributed by atoms with Crippen LogP contribution in [0.3, 0.4) is 0 Å². The first-order chi connectivity index (χ1) is 23.5. The van der Waals surface area contributed by atoms with Crippen LogP contribution in [0.25, 0.3) is 0 Å².